The maximum absolute atomic E-state index is 11.3. The van der Waals surface area contributed by atoms with Crippen molar-refractivity contribution < 1.29 is 4.79 Å². The van der Waals surface area contributed by atoms with E-state index in [1.54, 1.807) is 15.9 Å². The van der Waals surface area contributed by atoms with Crippen molar-refractivity contribution in [2.75, 3.05) is 0 Å². The zero-order chi connectivity index (χ0) is 16.6. The molecule has 3 aromatic heterocycles. The molecule has 0 amide bonds. The lowest BCUT2D eigenvalue weighted by atomic mass is 9.41. The molecule has 0 spiro atoms. The van der Waals surface area contributed by atoms with Gasteiger partial charge in [0, 0.05) is 16.4 Å². The van der Waals surface area contributed by atoms with E-state index >= 15 is 0 Å². The Hall–Kier alpha value is -2.46. The van der Waals surface area contributed by atoms with E-state index in [-0.39, 0.29) is 12.5 Å². The lowest BCUT2D eigenvalue weighted by molar-refractivity contribution is 0.112. The summed E-state index contributed by atoms with van der Waals surface area (Å²) in [4.78, 5) is 18.1. The fourth-order valence-corrected chi connectivity index (χ4v) is 3.39. The van der Waals surface area contributed by atoms with Gasteiger partial charge in [0.05, 0.1) is 22.3 Å². The van der Waals surface area contributed by atoms with Crippen molar-refractivity contribution in [2.45, 2.75) is 26.6 Å². The van der Waals surface area contributed by atoms with Crippen molar-refractivity contribution in [3.05, 3.63) is 34.8 Å². The molecule has 0 saturated heterocycles. The first-order valence-electron chi connectivity index (χ1n) is 7.35. The lowest BCUT2D eigenvalue weighted by Crippen LogP contribution is -2.37. The maximum atomic E-state index is 11.3. The molecule has 0 aromatic carbocycles. The van der Waals surface area contributed by atoms with Gasteiger partial charge in [-0.15, -0.1) is 11.3 Å². The monoisotopic (exact) mass is 322 g/mol. The van der Waals surface area contributed by atoms with Crippen LogP contribution in [0.1, 0.15) is 29.1 Å². The van der Waals surface area contributed by atoms with E-state index in [0.717, 1.165) is 22.5 Å². The van der Waals surface area contributed by atoms with Crippen LogP contribution in [-0.2, 0) is 0 Å². The number of carbonyl (C=O) groups excluding carboxylic acids is 1. The molecule has 0 aliphatic heterocycles. The average molecular weight is 322 g/mol. The normalized spacial score (nSPS) is 10.9. The van der Waals surface area contributed by atoms with Gasteiger partial charge in [-0.3, -0.25) is 4.79 Å². The van der Waals surface area contributed by atoms with Crippen LogP contribution in [0.3, 0.4) is 0 Å². The minimum absolute atomic E-state index is 0.132. The quantitative estimate of drug-likeness (QED) is 0.547. The molecule has 3 heterocycles. The third-order valence-electron chi connectivity index (χ3n) is 3.77. The van der Waals surface area contributed by atoms with E-state index in [2.05, 4.69) is 16.1 Å². The smallest absolute Gasteiger partial charge is 0.298 e. The van der Waals surface area contributed by atoms with Gasteiger partial charge in [-0.05, 0) is 30.9 Å². The highest BCUT2D eigenvalue weighted by molar-refractivity contribution is 7.15. The molecule has 114 valence electrons. The van der Waals surface area contributed by atoms with Gasteiger partial charge in [0.1, 0.15) is 0 Å². The lowest BCUT2D eigenvalue weighted by Gasteiger charge is -2.12. The fraction of sp³-hybridized carbons (Fsp3) is 0.250. The Bertz CT molecular complexity index is 922. The van der Waals surface area contributed by atoms with Gasteiger partial charge in [0.2, 0.25) is 0 Å². The number of fused-ring (bicyclic) bond motifs is 1. The number of carbonyl (C=O) groups is 1. The highest BCUT2D eigenvalue weighted by Crippen LogP contribution is 2.26. The van der Waals surface area contributed by atoms with Crippen molar-refractivity contribution in [3.63, 3.8) is 0 Å². The minimum atomic E-state index is -0.320. The number of rotatable bonds is 4. The zero-order valence-electron chi connectivity index (χ0n) is 13.1. The molecule has 3 aromatic rings. The second kappa shape index (κ2) is 5.97. The second-order valence-electron chi connectivity index (χ2n) is 5.78. The molecule has 5 nitrogen and oxygen atoms in total. The Kier molecular flexibility index (Phi) is 4.01. The number of thiophene rings is 1. The van der Waals surface area contributed by atoms with Crippen molar-refractivity contribution in [1.29, 1.82) is 5.26 Å². The number of aryl methyl sites for hydroxylation is 1. The maximum Gasteiger partial charge on any atom is 0.324 e. The van der Waals surface area contributed by atoms with E-state index in [1.807, 2.05) is 39.0 Å². The van der Waals surface area contributed by atoms with Crippen molar-refractivity contribution in [3.8, 4) is 16.5 Å². The highest BCUT2D eigenvalue weighted by atomic mass is 32.1. The van der Waals surface area contributed by atoms with Gasteiger partial charge in [0.15, 0.2) is 11.9 Å². The van der Waals surface area contributed by atoms with E-state index < -0.39 is 0 Å². The van der Waals surface area contributed by atoms with Crippen LogP contribution in [0.4, 0.5) is 0 Å². The van der Waals surface area contributed by atoms with Gasteiger partial charge in [-0.1, -0.05) is 13.8 Å². The van der Waals surface area contributed by atoms with E-state index in [4.69, 9.17) is 0 Å². The molecule has 0 aliphatic carbocycles. The van der Waals surface area contributed by atoms with Crippen molar-refractivity contribution in [2.24, 2.45) is 0 Å². The summed E-state index contributed by atoms with van der Waals surface area (Å²) in [6, 6.07) is 5.96. The van der Waals surface area contributed by atoms with Gasteiger partial charge in [-0.2, -0.15) is 5.10 Å². The number of hydrogen-bond donors (Lipinski definition) is 0. The van der Waals surface area contributed by atoms with Gasteiger partial charge in [-0.25, -0.2) is 14.8 Å². The third kappa shape index (κ3) is 2.66. The Morgan fingerprint density at radius 2 is 2.22 bits per heavy atom. The Morgan fingerprint density at radius 1 is 1.43 bits per heavy atom. The SMILES string of the molecule is Cc1ccc(-c2cc(B(C#N)C(C)C)n3ncc(C=O)c3n2)s1. The summed E-state index contributed by atoms with van der Waals surface area (Å²) in [6.07, 6.45) is 2.25. The van der Waals surface area contributed by atoms with Gasteiger partial charge < -0.3 is 0 Å². The number of nitriles is 1. The first kappa shape index (κ1) is 15.4. The van der Waals surface area contributed by atoms with Crippen LogP contribution >= 0.6 is 11.3 Å². The van der Waals surface area contributed by atoms with Gasteiger partial charge in [0.25, 0.3) is 0 Å². The van der Waals surface area contributed by atoms with Crippen LogP contribution in [-0.4, -0.2) is 27.6 Å². The molecule has 0 bridgehead atoms. The number of nitrogens with zero attached hydrogens (tertiary/aromatic N) is 4. The average Bonchev–Trinajstić information content (AvgIpc) is 3.13. The van der Waals surface area contributed by atoms with Crippen molar-refractivity contribution in [1.82, 2.24) is 14.6 Å². The summed E-state index contributed by atoms with van der Waals surface area (Å²) < 4.78 is 1.61. The van der Waals surface area contributed by atoms with Crippen LogP contribution in [0, 0.1) is 18.2 Å². The molecule has 0 unspecified atom stereocenters. The van der Waals surface area contributed by atoms with E-state index in [9.17, 15) is 10.1 Å². The van der Waals surface area contributed by atoms with Crippen LogP contribution in [0.15, 0.2) is 24.4 Å². The molecule has 0 radical (unpaired) electrons. The molecule has 3 rings (SSSR count). The molecule has 0 atom stereocenters. The number of aldehydes is 1. The minimum Gasteiger partial charge on any atom is -0.298 e. The fourth-order valence-electron chi connectivity index (χ4n) is 2.56. The van der Waals surface area contributed by atoms with Crippen LogP contribution < -0.4 is 5.59 Å². The summed E-state index contributed by atoms with van der Waals surface area (Å²) in [7, 11) is 0. The molecule has 0 saturated carbocycles. The molecular formula is C16H15BN4OS. The number of hydrogen-bond acceptors (Lipinski definition) is 5. The first-order valence-corrected chi connectivity index (χ1v) is 8.17. The van der Waals surface area contributed by atoms with Crippen molar-refractivity contribution >= 4 is 35.6 Å². The molecular weight excluding hydrogens is 307 g/mol. The summed E-state index contributed by atoms with van der Waals surface area (Å²) in [6.45, 7) is 5.72. The predicted molar refractivity (Wildman–Crippen MR) is 92.5 cm³/mol. The van der Waals surface area contributed by atoms with Crippen LogP contribution in [0.25, 0.3) is 16.2 Å². The molecule has 7 heteroatoms. The Labute approximate surface area is 138 Å². The highest BCUT2D eigenvalue weighted by Gasteiger charge is 2.26. The van der Waals surface area contributed by atoms with E-state index in [1.165, 1.54) is 11.1 Å². The second-order valence-corrected chi connectivity index (χ2v) is 7.07. The molecule has 23 heavy (non-hydrogen) atoms. The standard InChI is InChI=1S/C16H15BN4OS/c1-10(2)17(9-18)15-6-13(14-5-4-11(3)23-14)20-16-12(8-22)7-19-21(15)16/h4-8,10H,1-3H3. The molecule has 0 aliphatic rings. The molecule has 0 N–H and O–H groups in total. The first-order chi connectivity index (χ1) is 11.0. The summed E-state index contributed by atoms with van der Waals surface area (Å²) in [5, 5.41) is 13.8. The summed E-state index contributed by atoms with van der Waals surface area (Å²) >= 11 is 1.64. The molecule has 0 fully saturated rings. The van der Waals surface area contributed by atoms with Crippen LogP contribution in [0.2, 0.25) is 5.82 Å². The Morgan fingerprint density at radius 3 is 2.78 bits per heavy atom. The number of aromatic nitrogens is 3. The topological polar surface area (TPSA) is 71.1 Å². The summed E-state index contributed by atoms with van der Waals surface area (Å²) in [5.74, 6) is 2.48. The zero-order valence-corrected chi connectivity index (χ0v) is 14.0. The van der Waals surface area contributed by atoms with E-state index in [0.29, 0.717) is 11.2 Å². The summed E-state index contributed by atoms with van der Waals surface area (Å²) in [5.41, 5.74) is 2.47. The third-order valence-corrected chi connectivity index (χ3v) is 4.79. The van der Waals surface area contributed by atoms with Crippen LogP contribution in [0.5, 0.6) is 0 Å². The largest absolute Gasteiger partial charge is 0.324 e. The predicted octanol–water partition coefficient (Wildman–Crippen LogP) is 2.75. The van der Waals surface area contributed by atoms with Gasteiger partial charge >= 0.3 is 6.71 Å². The Balaban J connectivity index is 2.31.